The quantitative estimate of drug-likeness (QED) is 0.788. The van der Waals surface area contributed by atoms with Crippen molar-refractivity contribution in [3.63, 3.8) is 0 Å². The summed E-state index contributed by atoms with van der Waals surface area (Å²) in [5, 5.41) is 2.75. The lowest BCUT2D eigenvalue weighted by molar-refractivity contribution is -0.142. The first kappa shape index (κ1) is 13.7. The van der Waals surface area contributed by atoms with E-state index in [-0.39, 0.29) is 12.4 Å². The Labute approximate surface area is 116 Å². The van der Waals surface area contributed by atoms with Crippen LogP contribution in [0.4, 0.5) is 0 Å². The molecule has 0 N–H and O–H groups in total. The molecule has 0 aliphatic heterocycles. The van der Waals surface area contributed by atoms with Crippen LogP contribution in [0.1, 0.15) is 25.1 Å². The van der Waals surface area contributed by atoms with Gasteiger partial charge in [0.1, 0.15) is 10.7 Å². The molecule has 0 unspecified atom stereocenters. The smallest absolute Gasteiger partial charge is 0.311 e. The molecular weight excluding hydrogens is 260 g/mol. The van der Waals surface area contributed by atoms with E-state index in [4.69, 9.17) is 4.74 Å². The number of aromatic nitrogens is 2. The maximum absolute atomic E-state index is 11.4. The summed E-state index contributed by atoms with van der Waals surface area (Å²) in [6, 6.07) is 3.98. The summed E-state index contributed by atoms with van der Waals surface area (Å²) in [6.45, 7) is 4.29. The third-order valence-corrected chi connectivity index (χ3v) is 3.56. The zero-order chi connectivity index (χ0) is 13.7. The average Bonchev–Trinajstić information content (AvgIpc) is 2.87. The molecule has 0 saturated carbocycles. The fourth-order valence-corrected chi connectivity index (χ4v) is 2.62. The van der Waals surface area contributed by atoms with E-state index in [2.05, 4.69) is 23.0 Å². The molecule has 0 aliphatic rings. The van der Waals surface area contributed by atoms with Crippen molar-refractivity contribution in [3.8, 4) is 10.7 Å². The highest BCUT2D eigenvalue weighted by Crippen LogP contribution is 2.25. The van der Waals surface area contributed by atoms with Crippen molar-refractivity contribution < 1.29 is 9.53 Å². The Balaban J connectivity index is 2.19. The Bertz CT molecular complexity index is 566. The lowest BCUT2D eigenvalue weighted by Crippen LogP contribution is -2.07. The van der Waals surface area contributed by atoms with Crippen molar-refractivity contribution in [2.45, 2.75) is 26.7 Å². The van der Waals surface area contributed by atoms with Gasteiger partial charge in [0.15, 0.2) is 0 Å². The molecule has 0 radical (unpaired) electrons. The largest absolute Gasteiger partial charge is 0.466 e. The Kier molecular flexibility index (Phi) is 4.63. The maximum Gasteiger partial charge on any atom is 0.311 e. The van der Waals surface area contributed by atoms with Gasteiger partial charge < -0.3 is 4.74 Å². The summed E-state index contributed by atoms with van der Waals surface area (Å²) in [4.78, 5) is 20.3. The van der Waals surface area contributed by atoms with E-state index >= 15 is 0 Å². The van der Waals surface area contributed by atoms with Crippen LogP contribution in [0.2, 0.25) is 0 Å². The lowest BCUT2D eigenvalue weighted by Gasteiger charge is -2.02. The van der Waals surface area contributed by atoms with E-state index in [1.54, 1.807) is 13.1 Å². The molecule has 2 heterocycles. The van der Waals surface area contributed by atoms with Crippen LogP contribution in [0.15, 0.2) is 23.7 Å². The van der Waals surface area contributed by atoms with E-state index in [1.165, 1.54) is 16.9 Å². The molecule has 0 spiro atoms. The molecule has 0 aliphatic carbocycles. The highest BCUT2D eigenvalue weighted by Gasteiger charge is 2.12. The summed E-state index contributed by atoms with van der Waals surface area (Å²) in [5.74, 6) is -0.240. The van der Waals surface area contributed by atoms with Crippen molar-refractivity contribution in [2.75, 3.05) is 6.61 Å². The molecule has 5 heteroatoms. The second-order valence-corrected chi connectivity index (χ2v) is 4.85. The Morgan fingerprint density at radius 1 is 1.42 bits per heavy atom. The van der Waals surface area contributed by atoms with Gasteiger partial charge >= 0.3 is 5.97 Å². The molecule has 4 nitrogen and oxygen atoms in total. The van der Waals surface area contributed by atoms with Gasteiger partial charge in [0.25, 0.3) is 0 Å². The molecule has 0 amide bonds. The summed E-state index contributed by atoms with van der Waals surface area (Å²) in [5.41, 5.74) is 2.82. The minimum Gasteiger partial charge on any atom is -0.466 e. The molecule has 0 fully saturated rings. The van der Waals surface area contributed by atoms with Gasteiger partial charge in [0, 0.05) is 11.6 Å². The highest BCUT2D eigenvalue weighted by molar-refractivity contribution is 7.13. The van der Waals surface area contributed by atoms with E-state index in [1.807, 2.05) is 11.4 Å². The van der Waals surface area contributed by atoms with Gasteiger partial charge in [0.2, 0.25) is 0 Å². The third-order valence-electron chi connectivity index (χ3n) is 2.66. The van der Waals surface area contributed by atoms with Crippen LogP contribution in [0, 0.1) is 0 Å². The Morgan fingerprint density at radius 3 is 3.00 bits per heavy atom. The van der Waals surface area contributed by atoms with Gasteiger partial charge in [-0.25, -0.2) is 4.98 Å². The van der Waals surface area contributed by atoms with Crippen LogP contribution in [0.25, 0.3) is 10.7 Å². The summed E-state index contributed by atoms with van der Waals surface area (Å²) in [7, 11) is 0. The molecule has 19 heavy (non-hydrogen) atoms. The fraction of sp³-hybridized carbons (Fsp3) is 0.357. The average molecular weight is 276 g/mol. The van der Waals surface area contributed by atoms with E-state index in [0.717, 1.165) is 22.8 Å². The third kappa shape index (κ3) is 3.38. The van der Waals surface area contributed by atoms with Crippen LogP contribution >= 0.6 is 11.3 Å². The van der Waals surface area contributed by atoms with Crippen LogP contribution < -0.4 is 0 Å². The second kappa shape index (κ2) is 6.43. The highest BCUT2D eigenvalue weighted by atomic mass is 32.1. The zero-order valence-corrected chi connectivity index (χ0v) is 11.9. The topological polar surface area (TPSA) is 52.1 Å². The Morgan fingerprint density at radius 2 is 2.26 bits per heavy atom. The van der Waals surface area contributed by atoms with E-state index in [0.29, 0.717) is 6.61 Å². The van der Waals surface area contributed by atoms with Gasteiger partial charge in [-0.05, 0) is 25.0 Å². The minimum absolute atomic E-state index is 0.221. The predicted molar refractivity (Wildman–Crippen MR) is 75.1 cm³/mol. The first-order valence-corrected chi connectivity index (χ1v) is 7.16. The van der Waals surface area contributed by atoms with Crippen LogP contribution in [-0.2, 0) is 22.4 Å². The monoisotopic (exact) mass is 276 g/mol. The summed E-state index contributed by atoms with van der Waals surface area (Å²) >= 11 is 1.51. The van der Waals surface area contributed by atoms with Crippen molar-refractivity contribution in [1.29, 1.82) is 0 Å². The van der Waals surface area contributed by atoms with Crippen molar-refractivity contribution >= 4 is 17.3 Å². The first-order valence-electron chi connectivity index (χ1n) is 6.28. The number of hydrogen-bond donors (Lipinski definition) is 0. The fourth-order valence-electron chi connectivity index (χ4n) is 1.77. The standard InChI is InChI=1S/C14H16N2O2S/c1-3-10-6-5-7-15-13(10)14-16-11(9-19-14)8-12(17)18-4-2/h5-7,9H,3-4,8H2,1-2H3. The van der Waals surface area contributed by atoms with Gasteiger partial charge in [-0.3, -0.25) is 9.78 Å². The van der Waals surface area contributed by atoms with Gasteiger partial charge in [-0.2, -0.15) is 0 Å². The molecule has 100 valence electrons. The van der Waals surface area contributed by atoms with Crippen LogP contribution in [-0.4, -0.2) is 22.5 Å². The molecule has 0 saturated heterocycles. The molecule has 2 aromatic heterocycles. The number of aryl methyl sites for hydroxylation is 1. The van der Waals surface area contributed by atoms with Crippen molar-refractivity contribution in [2.24, 2.45) is 0 Å². The molecule has 2 aromatic rings. The Hall–Kier alpha value is -1.75. The van der Waals surface area contributed by atoms with Gasteiger partial charge in [-0.1, -0.05) is 13.0 Å². The number of esters is 1. The number of carbonyl (C=O) groups is 1. The van der Waals surface area contributed by atoms with E-state index < -0.39 is 0 Å². The molecule has 0 atom stereocenters. The number of thiazole rings is 1. The van der Waals surface area contributed by atoms with Crippen LogP contribution in [0.3, 0.4) is 0 Å². The van der Waals surface area contributed by atoms with E-state index in [9.17, 15) is 4.79 Å². The molecule has 2 rings (SSSR count). The van der Waals surface area contributed by atoms with Gasteiger partial charge in [-0.15, -0.1) is 11.3 Å². The maximum atomic E-state index is 11.4. The summed E-state index contributed by atoms with van der Waals surface area (Å²) in [6.07, 6.45) is 2.90. The number of hydrogen-bond acceptors (Lipinski definition) is 5. The normalized spacial score (nSPS) is 10.4. The predicted octanol–water partition coefficient (Wildman–Crippen LogP) is 2.87. The van der Waals surface area contributed by atoms with Crippen molar-refractivity contribution in [1.82, 2.24) is 9.97 Å². The molecular formula is C14H16N2O2S. The number of ether oxygens (including phenoxy) is 1. The number of rotatable bonds is 5. The lowest BCUT2D eigenvalue weighted by atomic mass is 10.1. The SMILES string of the molecule is CCOC(=O)Cc1csc(-c2ncccc2CC)n1. The number of nitrogens with zero attached hydrogens (tertiary/aromatic N) is 2. The summed E-state index contributed by atoms with van der Waals surface area (Å²) < 4.78 is 4.92. The zero-order valence-electron chi connectivity index (χ0n) is 11.0. The molecule has 0 aromatic carbocycles. The first-order chi connectivity index (χ1) is 9.24. The number of pyridine rings is 1. The number of carbonyl (C=O) groups excluding carboxylic acids is 1. The van der Waals surface area contributed by atoms with Gasteiger partial charge in [0.05, 0.1) is 18.7 Å². The minimum atomic E-state index is -0.240. The molecule has 0 bridgehead atoms. The second-order valence-electron chi connectivity index (χ2n) is 3.99. The van der Waals surface area contributed by atoms with Crippen molar-refractivity contribution in [3.05, 3.63) is 35.0 Å². The van der Waals surface area contributed by atoms with Crippen LogP contribution in [0.5, 0.6) is 0 Å².